The minimum absolute atomic E-state index is 0.00184. The van der Waals surface area contributed by atoms with Crippen LogP contribution in [0.25, 0.3) is 0 Å². The summed E-state index contributed by atoms with van der Waals surface area (Å²) in [7, 11) is 1.29. The van der Waals surface area contributed by atoms with E-state index in [0.29, 0.717) is 6.54 Å². The molecular formula is C12H23N3O4. The number of rotatable bonds is 6. The molecule has 0 saturated heterocycles. The van der Waals surface area contributed by atoms with Gasteiger partial charge in [-0.1, -0.05) is 0 Å². The summed E-state index contributed by atoms with van der Waals surface area (Å²) in [5.74, 6) is -0.880. The summed E-state index contributed by atoms with van der Waals surface area (Å²) in [6, 6.07) is -1.18. The quantitative estimate of drug-likeness (QED) is 0.670. The Bertz CT molecular complexity index is 331. The lowest BCUT2D eigenvalue weighted by Gasteiger charge is -2.30. The van der Waals surface area contributed by atoms with Gasteiger partial charge in [-0.3, -0.25) is 19.8 Å². The minimum Gasteiger partial charge on any atom is -0.468 e. The molecule has 7 nitrogen and oxygen atoms in total. The summed E-state index contributed by atoms with van der Waals surface area (Å²) >= 11 is 0. The first-order valence-corrected chi connectivity index (χ1v) is 6.24. The maximum atomic E-state index is 11.9. The Morgan fingerprint density at radius 1 is 1.21 bits per heavy atom. The van der Waals surface area contributed by atoms with E-state index in [0.717, 1.165) is 0 Å². The third-order valence-corrected chi connectivity index (χ3v) is 2.65. The second kappa shape index (κ2) is 8.47. The highest BCUT2D eigenvalue weighted by atomic mass is 16.5. The number of nitrogens with one attached hydrogen (secondary N) is 2. The molecule has 0 aromatic carbocycles. The Morgan fingerprint density at radius 2 is 1.79 bits per heavy atom. The molecule has 3 amide bonds. The van der Waals surface area contributed by atoms with E-state index in [4.69, 9.17) is 0 Å². The lowest BCUT2D eigenvalue weighted by Crippen LogP contribution is -2.52. The molecule has 0 spiro atoms. The summed E-state index contributed by atoms with van der Waals surface area (Å²) in [6.45, 7) is 7.54. The highest BCUT2D eigenvalue weighted by molar-refractivity contribution is 5.96. The van der Waals surface area contributed by atoms with Crippen LogP contribution in [-0.2, 0) is 14.3 Å². The van der Waals surface area contributed by atoms with Crippen LogP contribution < -0.4 is 10.6 Å². The van der Waals surface area contributed by atoms with Crippen LogP contribution in [0.4, 0.5) is 4.79 Å². The van der Waals surface area contributed by atoms with Gasteiger partial charge in [0.2, 0.25) is 5.91 Å². The van der Waals surface area contributed by atoms with Crippen LogP contribution in [0.15, 0.2) is 0 Å². The van der Waals surface area contributed by atoms with Crippen molar-refractivity contribution in [3.05, 3.63) is 0 Å². The fourth-order valence-corrected chi connectivity index (χ4v) is 1.55. The predicted molar refractivity (Wildman–Crippen MR) is 70.5 cm³/mol. The van der Waals surface area contributed by atoms with Crippen molar-refractivity contribution in [2.75, 3.05) is 20.2 Å². The number of nitrogens with zero attached hydrogens (tertiary/aromatic N) is 1. The van der Waals surface area contributed by atoms with E-state index in [1.165, 1.54) is 7.11 Å². The van der Waals surface area contributed by atoms with Gasteiger partial charge in [0.25, 0.3) is 0 Å². The van der Waals surface area contributed by atoms with E-state index in [1.807, 2.05) is 13.8 Å². The van der Waals surface area contributed by atoms with Crippen molar-refractivity contribution < 1.29 is 19.1 Å². The van der Waals surface area contributed by atoms with E-state index < -0.39 is 23.9 Å². The molecule has 0 radical (unpaired) electrons. The van der Waals surface area contributed by atoms with Gasteiger partial charge in [0.15, 0.2) is 0 Å². The normalized spacial score (nSPS) is 12.2. The summed E-state index contributed by atoms with van der Waals surface area (Å²) in [5, 5.41) is 4.69. The van der Waals surface area contributed by atoms with Gasteiger partial charge in [0, 0.05) is 12.6 Å². The van der Waals surface area contributed by atoms with E-state index >= 15 is 0 Å². The molecule has 0 rings (SSSR count). The average Bonchev–Trinajstić information content (AvgIpc) is 2.34. The maximum absolute atomic E-state index is 11.9. The van der Waals surface area contributed by atoms with Gasteiger partial charge < -0.3 is 10.1 Å². The molecule has 0 aliphatic rings. The summed E-state index contributed by atoms with van der Waals surface area (Å²) < 4.78 is 4.59. The smallest absolute Gasteiger partial charge is 0.321 e. The second-order valence-electron chi connectivity index (χ2n) is 4.37. The van der Waals surface area contributed by atoms with Crippen LogP contribution in [0, 0.1) is 0 Å². The molecule has 0 aromatic heterocycles. The van der Waals surface area contributed by atoms with Gasteiger partial charge in [-0.2, -0.15) is 0 Å². The number of urea groups is 1. The topological polar surface area (TPSA) is 87.7 Å². The Hall–Kier alpha value is -1.63. The lowest BCUT2D eigenvalue weighted by atomic mass is 10.2. The number of ether oxygens (including phenoxy) is 1. The Labute approximate surface area is 113 Å². The molecule has 1 unspecified atom stereocenters. The fraction of sp³-hybridized carbons (Fsp3) is 0.750. The third-order valence-electron chi connectivity index (χ3n) is 2.65. The van der Waals surface area contributed by atoms with Crippen molar-refractivity contribution in [2.24, 2.45) is 0 Å². The number of esters is 1. The van der Waals surface area contributed by atoms with Gasteiger partial charge in [0.05, 0.1) is 19.7 Å². The zero-order valence-corrected chi connectivity index (χ0v) is 12.1. The van der Waals surface area contributed by atoms with Gasteiger partial charge in [-0.15, -0.1) is 0 Å². The standard InChI is InChI=1S/C12H23N3O4/c1-6-13-12(18)14-11(17)9(4)15(8(2)3)7-10(16)19-5/h8-9H,6-7H2,1-5H3,(H2,13,14,17,18). The molecule has 0 aliphatic carbocycles. The Morgan fingerprint density at radius 3 is 2.21 bits per heavy atom. The fourth-order valence-electron chi connectivity index (χ4n) is 1.55. The zero-order valence-electron chi connectivity index (χ0n) is 12.1. The van der Waals surface area contributed by atoms with Crippen molar-refractivity contribution in [3.63, 3.8) is 0 Å². The Balaban J connectivity index is 4.61. The first kappa shape index (κ1) is 17.4. The number of carbonyl (C=O) groups is 3. The molecule has 0 fully saturated rings. The lowest BCUT2D eigenvalue weighted by molar-refractivity contribution is -0.143. The largest absolute Gasteiger partial charge is 0.468 e. The monoisotopic (exact) mass is 273 g/mol. The molecule has 0 bridgehead atoms. The summed E-state index contributed by atoms with van der Waals surface area (Å²) in [4.78, 5) is 36.1. The number of hydrogen-bond acceptors (Lipinski definition) is 5. The molecule has 0 saturated carbocycles. The maximum Gasteiger partial charge on any atom is 0.321 e. The summed E-state index contributed by atoms with van der Waals surface area (Å²) in [6.07, 6.45) is 0. The van der Waals surface area contributed by atoms with Crippen molar-refractivity contribution in [1.29, 1.82) is 0 Å². The summed E-state index contributed by atoms with van der Waals surface area (Å²) in [5.41, 5.74) is 0. The molecule has 2 N–H and O–H groups in total. The second-order valence-corrected chi connectivity index (χ2v) is 4.37. The van der Waals surface area contributed by atoms with Gasteiger partial charge in [-0.25, -0.2) is 4.79 Å². The molecule has 7 heteroatoms. The first-order valence-electron chi connectivity index (χ1n) is 6.24. The van der Waals surface area contributed by atoms with Gasteiger partial charge in [0.1, 0.15) is 0 Å². The average molecular weight is 273 g/mol. The number of amides is 3. The highest BCUT2D eigenvalue weighted by Crippen LogP contribution is 2.06. The molecule has 1 atom stereocenters. The SMILES string of the molecule is CCNC(=O)NC(=O)C(C)N(CC(=O)OC)C(C)C. The van der Waals surface area contributed by atoms with E-state index in [1.54, 1.807) is 18.7 Å². The Kier molecular flexibility index (Phi) is 7.74. The predicted octanol–water partition coefficient (Wildman–Crippen LogP) is 0.104. The molecular weight excluding hydrogens is 250 g/mol. The number of carbonyl (C=O) groups excluding carboxylic acids is 3. The highest BCUT2D eigenvalue weighted by Gasteiger charge is 2.26. The molecule has 0 heterocycles. The van der Waals surface area contributed by atoms with Crippen LogP contribution >= 0.6 is 0 Å². The molecule has 0 aliphatic heterocycles. The van der Waals surface area contributed by atoms with Crippen molar-refractivity contribution >= 4 is 17.9 Å². The van der Waals surface area contributed by atoms with E-state index in [2.05, 4.69) is 15.4 Å². The van der Waals surface area contributed by atoms with Crippen molar-refractivity contribution in [2.45, 2.75) is 39.8 Å². The van der Waals surface area contributed by atoms with E-state index in [-0.39, 0.29) is 12.6 Å². The van der Waals surface area contributed by atoms with E-state index in [9.17, 15) is 14.4 Å². The van der Waals surface area contributed by atoms with Crippen LogP contribution in [-0.4, -0.2) is 55.1 Å². The van der Waals surface area contributed by atoms with Gasteiger partial charge in [-0.05, 0) is 27.7 Å². The van der Waals surface area contributed by atoms with Crippen LogP contribution in [0.3, 0.4) is 0 Å². The molecule has 0 aromatic rings. The molecule has 19 heavy (non-hydrogen) atoms. The van der Waals surface area contributed by atoms with Gasteiger partial charge >= 0.3 is 12.0 Å². The van der Waals surface area contributed by atoms with Crippen molar-refractivity contribution in [1.82, 2.24) is 15.5 Å². The number of hydrogen-bond donors (Lipinski definition) is 2. The van der Waals surface area contributed by atoms with Crippen LogP contribution in [0.1, 0.15) is 27.7 Å². The third kappa shape index (κ3) is 6.19. The molecule has 110 valence electrons. The van der Waals surface area contributed by atoms with Crippen molar-refractivity contribution in [3.8, 4) is 0 Å². The first-order chi connectivity index (χ1) is 8.83. The van der Waals surface area contributed by atoms with Crippen LogP contribution in [0.5, 0.6) is 0 Å². The minimum atomic E-state index is -0.610. The number of methoxy groups -OCH3 is 1. The number of imide groups is 1. The van der Waals surface area contributed by atoms with Crippen LogP contribution in [0.2, 0.25) is 0 Å². The zero-order chi connectivity index (χ0) is 15.0.